The number of amides is 2. The molecule has 6 rings (SSSR count). The van der Waals surface area contributed by atoms with Gasteiger partial charge in [0, 0.05) is 48.0 Å². The van der Waals surface area contributed by atoms with Gasteiger partial charge < -0.3 is 32.2 Å². The Balaban J connectivity index is 1.35. The molecule has 0 saturated carbocycles. The molecule has 4 aromatic rings. The minimum atomic E-state index is -1.58. The molecule has 1 aliphatic heterocycles. The number of hydrogen-bond acceptors (Lipinski definition) is 9. The fraction of sp³-hybridized carbons (Fsp3) is 0.250. The van der Waals surface area contributed by atoms with E-state index in [1.54, 1.807) is 53.6 Å². The number of hydrogen-bond donors (Lipinski definition) is 4. The number of aromatic nitrogens is 1. The molecule has 11 heteroatoms. The molecule has 10 nitrogen and oxygen atoms in total. The van der Waals surface area contributed by atoms with Crippen LogP contribution in [0.2, 0.25) is 0 Å². The Bertz CT molecular complexity index is 1770. The van der Waals surface area contributed by atoms with Crippen LogP contribution in [-0.2, 0) is 15.1 Å². The zero-order chi connectivity index (χ0) is 30.5. The molecule has 7 N–H and O–H groups in total. The number of rotatable bonds is 6. The number of likely N-dealkylation sites (tertiary alicyclic amines) is 1. The number of benzene rings is 2. The molecular formula is C32H32N6O4S. The predicted molar refractivity (Wildman–Crippen MR) is 166 cm³/mol. The van der Waals surface area contributed by atoms with E-state index in [-0.39, 0.29) is 17.9 Å². The molecule has 1 aliphatic carbocycles. The first-order valence-electron chi connectivity index (χ1n) is 14.0. The lowest BCUT2D eigenvalue weighted by atomic mass is 9.70. The van der Waals surface area contributed by atoms with E-state index >= 15 is 0 Å². The summed E-state index contributed by atoms with van der Waals surface area (Å²) in [5, 5.41) is 3.67. The molecule has 2 aliphatic rings. The molecule has 2 amide bonds. The van der Waals surface area contributed by atoms with Crippen LogP contribution in [-0.4, -0.2) is 46.6 Å². The van der Waals surface area contributed by atoms with Crippen molar-refractivity contribution in [3.63, 3.8) is 0 Å². The lowest BCUT2D eigenvalue weighted by Crippen LogP contribution is -2.53. The standard InChI is InChI=1S/C32H32N6O4S/c1-3-24(39)38-14-4-5-19(16-38)37-31(41)29-26-25-21(11-12-22(33)28(25)43-29)32(35,30(40)27(26)34)18-7-9-20(10-8-18)42-23-13-6-17(2)15-36-23/h3,6-13,15,19,27H,1,4-5,14,16,33-35H2,2H3,(H,37,41). The number of carbonyl (C=O) groups excluding carboxylic acids is 3. The number of carbonyl (C=O) groups is 3. The average Bonchev–Trinajstić information content (AvgIpc) is 3.43. The maximum Gasteiger partial charge on any atom is 0.262 e. The van der Waals surface area contributed by atoms with Crippen molar-refractivity contribution in [3.8, 4) is 11.6 Å². The van der Waals surface area contributed by atoms with Gasteiger partial charge in [0.2, 0.25) is 11.8 Å². The first-order valence-corrected chi connectivity index (χ1v) is 14.8. The van der Waals surface area contributed by atoms with Crippen molar-refractivity contribution >= 4 is 44.7 Å². The smallest absolute Gasteiger partial charge is 0.262 e. The fourth-order valence-electron chi connectivity index (χ4n) is 5.94. The van der Waals surface area contributed by atoms with Gasteiger partial charge in [-0.15, -0.1) is 11.3 Å². The monoisotopic (exact) mass is 596 g/mol. The highest BCUT2D eigenvalue weighted by Gasteiger charge is 2.48. The Hall–Kier alpha value is -4.58. The van der Waals surface area contributed by atoms with Crippen LogP contribution >= 0.6 is 11.3 Å². The molecule has 0 radical (unpaired) electrons. The van der Waals surface area contributed by atoms with Gasteiger partial charge in [0.1, 0.15) is 11.3 Å². The summed E-state index contributed by atoms with van der Waals surface area (Å²) < 4.78 is 6.50. The largest absolute Gasteiger partial charge is 0.439 e. The van der Waals surface area contributed by atoms with E-state index < -0.39 is 17.4 Å². The zero-order valence-corrected chi connectivity index (χ0v) is 24.4. The van der Waals surface area contributed by atoms with E-state index in [0.717, 1.165) is 18.4 Å². The number of nitrogen functional groups attached to an aromatic ring is 1. The van der Waals surface area contributed by atoms with Gasteiger partial charge in [0.05, 0.1) is 15.6 Å². The highest BCUT2D eigenvalue weighted by atomic mass is 32.1. The number of thiophene rings is 1. The average molecular weight is 597 g/mol. The van der Waals surface area contributed by atoms with Crippen molar-refractivity contribution in [2.45, 2.75) is 37.4 Å². The fourth-order valence-corrected chi connectivity index (χ4v) is 7.15. The Morgan fingerprint density at radius 3 is 2.65 bits per heavy atom. The Kier molecular flexibility index (Phi) is 7.25. The third kappa shape index (κ3) is 4.85. The zero-order valence-electron chi connectivity index (χ0n) is 23.6. The second-order valence-electron chi connectivity index (χ2n) is 11.0. The summed E-state index contributed by atoms with van der Waals surface area (Å²) in [6, 6.07) is 12.6. The third-order valence-electron chi connectivity index (χ3n) is 8.18. The molecule has 2 aromatic carbocycles. The Morgan fingerprint density at radius 2 is 1.95 bits per heavy atom. The van der Waals surface area contributed by atoms with Crippen molar-refractivity contribution in [1.29, 1.82) is 0 Å². The number of nitrogens with zero attached hydrogens (tertiary/aromatic N) is 2. The van der Waals surface area contributed by atoms with Gasteiger partial charge in [-0.25, -0.2) is 4.98 Å². The maximum absolute atomic E-state index is 14.1. The predicted octanol–water partition coefficient (Wildman–Crippen LogP) is 3.67. The number of Topliss-reactive ketones (excluding diaryl/α,β-unsaturated/α-hetero) is 1. The Morgan fingerprint density at radius 1 is 1.19 bits per heavy atom. The number of ether oxygens (including phenoxy) is 1. The molecule has 1 saturated heterocycles. The second-order valence-corrected chi connectivity index (χ2v) is 12.0. The van der Waals surface area contributed by atoms with Crippen molar-refractivity contribution in [2.75, 3.05) is 18.8 Å². The minimum absolute atomic E-state index is 0.174. The van der Waals surface area contributed by atoms with Gasteiger partial charge in [-0.1, -0.05) is 30.8 Å². The molecule has 2 aromatic heterocycles. The van der Waals surface area contributed by atoms with Gasteiger partial charge in [0.15, 0.2) is 5.78 Å². The molecule has 3 atom stereocenters. The molecule has 43 heavy (non-hydrogen) atoms. The topological polar surface area (TPSA) is 167 Å². The SMILES string of the molecule is C=CC(=O)N1CCCC(NC(=O)c2sc3c(N)ccc4c3c2C(N)C(=O)C4(N)c2ccc(Oc3ccc(C)cn3)cc2)C1. The number of nitrogens with one attached hydrogen (secondary N) is 1. The summed E-state index contributed by atoms with van der Waals surface area (Å²) in [5.74, 6) is 0.00151. The number of pyridine rings is 1. The summed E-state index contributed by atoms with van der Waals surface area (Å²) in [5.41, 5.74) is 21.4. The second kappa shape index (κ2) is 10.9. The molecule has 0 spiro atoms. The van der Waals surface area contributed by atoms with Gasteiger partial charge in [-0.05, 0) is 60.7 Å². The quantitative estimate of drug-likeness (QED) is 0.193. The van der Waals surface area contributed by atoms with Gasteiger partial charge in [-0.3, -0.25) is 14.4 Å². The van der Waals surface area contributed by atoms with Crippen molar-refractivity contribution in [2.24, 2.45) is 11.5 Å². The first-order chi connectivity index (χ1) is 20.6. The van der Waals surface area contributed by atoms with E-state index in [2.05, 4.69) is 16.9 Å². The van der Waals surface area contributed by atoms with Crippen LogP contribution in [0.25, 0.3) is 10.1 Å². The van der Waals surface area contributed by atoms with Crippen LogP contribution in [0, 0.1) is 6.92 Å². The lowest BCUT2D eigenvalue weighted by molar-refractivity contribution is -0.127. The van der Waals surface area contributed by atoms with E-state index in [1.807, 2.05) is 13.0 Å². The normalized spacial score (nSPS) is 21.5. The molecular weight excluding hydrogens is 564 g/mol. The molecule has 0 bridgehead atoms. The highest BCUT2D eigenvalue weighted by Crippen LogP contribution is 2.49. The molecule has 3 heterocycles. The number of nitrogens with two attached hydrogens (primary N) is 3. The van der Waals surface area contributed by atoms with Crippen molar-refractivity contribution in [3.05, 3.63) is 94.5 Å². The summed E-state index contributed by atoms with van der Waals surface area (Å²) in [7, 11) is 0. The van der Waals surface area contributed by atoms with Crippen molar-refractivity contribution in [1.82, 2.24) is 15.2 Å². The highest BCUT2D eigenvalue weighted by molar-refractivity contribution is 7.21. The third-order valence-corrected chi connectivity index (χ3v) is 9.43. The van der Waals surface area contributed by atoms with E-state index in [0.29, 0.717) is 62.1 Å². The maximum atomic E-state index is 14.1. The lowest BCUT2D eigenvalue weighted by Gasteiger charge is -2.36. The molecule has 1 fully saturated rings. The van der Waals surface area contributed by atoms with Gasteiger partial charge in [-0.2, -0.15) is 0 Å². The minimum Gasteiger partial charge on any atom is -0.439 e. The number of ketones is 1. The Labute approximate surface area is 252 Å². The first kappa shape index (κ1) is 28.5. The number of piperidine rings is 1. The summed E-state index contributed by atoms with van der Waals surface area (Å²) >= 11 is 1.20. The van der Waals surface area contributed by atoms with Crippen LogP contribution in [0.1, 0.15) is 50.8 Å². The van der Waals surface area contributed by atoms with E-state index in [4.69, 9.17) is 21.9 Å². The summed E-state index contributed by atoms with van der Waals surface area (Å²) in [6.07, 6.45) is 4.46. The molecule has 3 unspecified atom stereocenters. The summed E-state index contributed by atoms with van der Waals surface area (Å²) in [6.45, 7) is 6.49. The number of aryl methyl sites for hydroxylation is 1. The van der Waals surface area contributed by atoms with E-state index in [9.17, 15) is 14.4 Å². The summed E-state index contributed by atoms with van der Waals surface area (Å²) in [4.78, 5) is 46.1. The molecule has 220 valence electrons. The van der Waals surface area contributed by atoms with Crippen LogP contribution in [0.5, 0.6) is 11.6 Å². The van der Waals surface area contributed by atoms with Gasteiger partial charge >= 0.3 is 0 Å². The van der Waals surface area contributed by atoms with Crippen molar-refractivity contribution < 1.29 is 19.1 Å². The van der Waals surface area contributed by atoms with Crippen LogP contribution in [0.15, 0.2) is 67.4 Å². The van der Waals surface area contributed by atoms with Crippen LogP contribution in [0.3, 0.4) is 0 Å². The van der Waals surface area contributed by atoms with Crippen LogP contribution < -0.4 is 27.3 Å². The number of anilines is 1. The van der Waals surface area contributed by atoms with Gasteiger partial charge in [0.25, 0.3) is 5.91 Å². The van der Waals surface area contributed by atoms with E-state index in [1.165, 1.54) is 17.4 Å². The van der Waals surface area contributed by atoms with Crippen LogP contribution in [0.4, 0.5) is 5.69 Å².